The van der Waals surface area contributed by atoms with Gasteiger partial charge in [-0.3, -0.25) is 0 Å². The summed E-state index contributed by atoms with van der Waals surface area (Å²) in [5, 5.41) is 0. The lowest BCUT2D eigenvalue weighted by Crippen LogP contribution is -2.36. The van der Waals surface area contributed by atoms with Gasteiger partial charge in [-0.25, -0.2) is 0 Å². The lowest BCUT2D eigenvalue weighted by Gasteiger charge is -2.25. The molecule has 2 nitrogen and oxygen atoms in total. The van der Waals surface area contributed by atoms with E-state index in [4.69, 9.17) is 10.5 Å². The first-order valence-electron chi connectivity index (χ1n) is 4.68. The van der Waals surface area contributed by atoms with Gasteiger partial charge < -0.3 is 10.5 Å². The molecule has 0 bridgehead atoms. The maximum atomic E-state index is 5.64. The Kier molecular flexibility index (Phi) is 6.57. The molecule has 0 amide bonds. The minimum atomic E-state index is 0.213. The molecule has 1 heterocycles. The Hall–Kier alpha value is -0.0800. The molecular formula is C9H21NO. The number of nitrogens with two attached hydrogens (primary N) is 1. The summed E-state index contributed by atoms with van der Waals surface area (Å²) in [6, 6.07) is 0.213. The van der Waals surface area contributed by atoms with Crippen LogP contribution in [0.5, 0.6) is 0 Å². The van der Waals surface area contributed by atoms with Crippen LogP contribution in [0.2, 0.25) is 0 Å². The largest absolute Gasteiger partial charge is 0.377 e. The van der Waals surface area contributed by atoms with Gasteiger partial charge >= 0.3 is 0 Å². The normalized spacial score (nSPS) is 26.7. The Morgan fingerprint density at radius 2 is 2.00 bits per heavy atom. The van der Waals surface area contributed by atoms with Crippen LogP contribution in [0, 0.1) is 0 Å². The molecule has 0 saturated carbocycles. The fourth-order valence-electron chi connectivity index (χ4n) is 1.18. The molecule has 1 saturated heterocycles. The molecule has 1 rings (SSSR count). The first kappa shape index (κ1) is 10.9. The average Bonchev–Trinajstić information content (AvgIpc) is 2.10. The zero-order valence-electron chi connectivity index (χ0n) is 7.97. The fraction of sp³-hybridized carbons (Fsp3) is 1.00. The monoisotopic (exact) mass is 159 g/mol. The van der Waals surface area contributed by atoms with E-state index in [9.17, 15) is 0 Å². The van der Waals surface area contributed by atoms with E-state index < -0.39 is 0 Å². The summed E-state index contributed by atoms with van der Waals surface area (Å²) in [4.78, 5) is 0. The summed E-state index contributed by atoms with van der Waals surface area (Å²) in [6.45, 7) is 6.92. The van der Waals surface area contributed by atoms with Gasteiger partial charge in [-0.15, -0.1) is 0 Å². The summed E-state index contributed by atoms with van der Waals surface area (Å²) in [5.41, 5.74) is 5.64. The van der Waals surface area contributed by atoms with E-state index >= 15 is 0 Å². The quantitative estimate of drug-likeness (QED) is 0.634. The number of ether oxygens (including phenoxy) is 1. The predicted molar refractivity (Wildman–Crippen MR) is 48.6 cm³/mol. The molecule has 2 heteroatoms. The van der Waals surface area contributed by atoms with Crippen molar-refractivity contribution in [3.8, 4) is 0 Å². The molecule has 0 aliphatic carbocycles. The van der Waals surface area contributed by atoms with Crippen LogP contribution in [0.15, 0.2) is 0 Å². The Labute approximate surface area is 70.1 Å². The molecule has 1 aliphatic heterocycles. The van der Waals surface area contributed by atoms with Crippen molar-refractivity contribution in [1.82, 2.24) is 0 Å². The van der Waals surface area contributed by atoms with E-state index in [-0.39, 0.29) is 6.04 Å². The van der Waals surface area contributed by atoms with Crippen molar-refractivity contribution in [2.75, 3.05) is 6.61 Å². The van der Waals surface area contributed by atoms with Crippen molar-refractivity contribution in [2.24, 2.45) is 5.73 Å². The second kappa shape index (κ2) is 6.62. The molecule has 1 fully saturated rings. The standard InChI is InChI=1S/C7H15NO.C2H6/c1-6(8)7-4-2-3-5-9-7;1-2/h6-7H,2-5,8H2,1H3;1-2H3. The predicted octanol–water partition coefficient (Wildman–Crippen LogP) is 1.93. The van der Waals surface area contributed by atoms with Crippen LogP contribution >= 0.6 is 0 Å². The van der Waals surface area contributed by atoms with Crippen molar-refractivity contribution >= 4 is 0 Å². The van der Waals surface area contributed by atoms with Crippen LogP contribution in [0.25, 0.3) is 0 Å². The van der Waals surface area contributed by atoms with Crippen molar-refractivity contribution in [3.05, 3.63) is 0 Å². The van der Waals surface area contributed by atoms with E-state index in [0.717, 1.165) is 13.0 Å². The number of hydrogen-bond acceptors (Lipinski definition) is 2. The van der Waals surface area contributed by atoms with Crippen LogP contribution in [0.1, 0.15) is 40.0 Å². The van der Waals surface area contributed by atoms with Crippen LogP contribution in [-0.2, 0) is 4.74 Å². The fourth-order valence-corrected chi connectivity index (χ4v) is 1.18. The maximum Gasteiger partial charge on any atom is 0.0723 e. The van der Waals surface area contributed by atoms with Crippen molar-refractivity contribution < 1.29 is 4.74 Å². The molecule has 11 heavy (non-hydrogen) atoms. The smallest absolute Gasteiger partial charge is 0.0723 e. The zero-order valence-corrected chi connectivity index (χ0v) is 7.97. The van der Waals surface area contributed by atoms with Gasteiger partial charge in [0.05, 0.1) is 6.10 Å². The van der Waals surface area contributed by atoms with Gasteiger partial charge in [0.15, 0.2) is 0 Å². The first-order valence-corrected chi connectivity index (χ1v) is 4.68. The summed E-state index contributed by atoms with van der Waals surface area (Å²) in [5.74, 6) is 0. The third-order valence-electron chi connectivity index (χ3n) is 1.80. The molecule has 2 N–H and O–H groups in total. The van der Waals surface area contributed by atoms with Gasteiger partial charge in [0.1, 0.15) is 0 Å². The average molecular weight is 159 g/mol. The van der Waals surface area contributed by atoms with Crippen LogP contribution in [0.3, 0.4) is 0 Å². The summed E-state index contributed by atoms with van der Waals surface area (Å²) < 4.78 is 5.41. The van der Waals surface area contributed by atoms with Gasteiger partial charge in [0.25, 0.3) is 0 Å². The molecule has 68 valence electrons. The van der Waals surface area contributed by atoms with Crippen molar-refractivity contribution in [1.29, 1.82) is 0 Å². The third kappa shape index (κ3) is 4.38. The minimum absolute atomic E-state index is 0.213. The topological polar surface area (TPSA) is 35.2 Å². The lowest BCUT2D eigenvalue weighted by atomic mass is 10.0. The van der Waals surface area contributed by atoms with Gasteiger partial charge in [-0.1, -0.05) is 13.8 Å². The summed E-state index contributed by atoms with van der Waals surface area (Å²) in [6.07, 6.45) is 3.98. The molecule has 1 aliphatic rings. The molecule has 0 radical (unpaired) electrons. The highest BCUT2D eigenvalue weighted by atomic mass is 16.5. The van der Waals surface area contributed by atoms with Gasteiger partial charge in [0, 0.05) is 12.6 Å². The van der Waals surface area contributed by atoms with Gasteiger partial charge in [-0.2, -0.15) is 0 Å². The summed E-state index contributed by atoms with van der Waals surface area (Å²) >= 11 is 0. The Bertz CT molecular complexity index is 77.6. The molecule has 2 atom stereocenters. The van der Waals surface area contributed by atoms with Gasteiger partial charge in [0.2, 0.25) is 0 Å². The first-order chi connectivity index (χ1) is 5.30. The maximum absolute atomic E-state index is 5.64. The van der Waals surface area contributed by atoms with E-state index in [2.05, 4.69) is 0 Å². The van der Waals surface area contributed by atoms with E-state index in [0.29, 0.717) is 6.10 Å². The second-order valence-corrected chi connectivity index (χ2v) is 2.76. The third-order valence-corrected chi connectivity index (χ3v) is 1.80. The number of hydrogen-bond donors (Lipinski definition) is 1. The molecule has 0 aromatic carbocycles. The van der Waals surface area contributed by atoms with E-state index in [1.54, 1.807) is 0 Å². The zero-order chi connectivity index (χ0) is 8.69. The van der Waals surface area contributed by atoms with E-state index in [1.807, 2.05) is 20.8 Å². The Morgan fingerprint density at radius 3 is 2.27 bits per heavy atom. The molecule has 0 aromatic heterocycles. The van der Waals surface area contributed by atoms with Crippen LogP contribution in [-0.4, -0.2) is 18.8 Å². The van der Waals surface area contributed by atoms with Crippen molar-refractivity contribution in [3.63, 3.8) is 0 Å². The molecule has 2 unspecified atom stereocenters. The number of rotatable bonds is 1. The highest BCUT2D eigenvalue weighted by molar-refractivity contribution is 4.71. The SMILES string of the molecule is CC.CC(N)C1CCCCO1. The molecular weight excluding hydrogens is 138 g/mol. The Morgan fingerprint density at radius 1 is 1.36 bits per heavy atom. The summed E-state index contributed by atoms with van der Waals surface area (Å²) in [7, 11) is 0. The lowest BCUT2D eigenvalue weighted by molar-refractivity contribution is 0.00403. The second-order valence-electron chi connectivity index (χ2n) is 2.76. The molecule has 0 spiro atoms. The van der Waals surface area contributed by atoms with Crippen LogP contribution < -0.4 is 5.73 Å². The highest BCUT2D eigenvalue weighted by Gasteiger charge is 2.16. The van der Waals surface area contributed by atoms with E-state index in [1.165, 1.54) is 12.8 Å². The minimum Gasteiger partial charge on any atom is -0.377 e. The highest BCUT2D eigenvalue weighted by Crippen LogP contribution is 2.13. The van der Waals surface area contributed by atoms with Gasteiger partial charge in [-0.05, 0) is 26.2 Å². The molecule has 0 aromatic rings. The Balaban J connectivity index is 0.000000461. The van der Waals surface area contributed by atoms with Crippen LogP contribution in [0.4, 0.5) is 0 Å². The van der Waals surface area contributed by atoms with Crippen molar-refractivity contribution in [2.45, 2.75) is 52.2 Å².